The first kappa shape index (κ1) is 13.5. The van der Waals surface area contributed by atoms with Crippen LogP contribution in [-0.4, -0.2) is 0 Å². The van der Waals surface area contributed by atoms with Crippen molar-refractivity contribution >= 4 is 0 Å². The zero-order valence-corrected chi connectivity index (χ0v) is 11.5. The van der Waals surface area contributed by atoms with Crippen LogP contribution in [0, 0.1) is 17.7 Å². The molecule has 0 radical (unpaired) electrons. The highest BCUT2D eigenvalue weighted by molar-refractivity contribution is 5.26. The van der Waals surface area contributed by atoms with E-state index < -0.39 is 5.54 Å². The van der Waals surface area contributed by atoms with Crippen LogP contribution < -0.4 is 5.73 Å². The quantitative estimate of drug-likeness (QED) is 0.853. The first-order valence-electron chi connectivity index (χ1n) is 7.09. The molecule has 0 saturated heterocycles. The van der Waals surface area contributed by atoms with Crippen LogP contribution in [0.25, 0.3) is 0 Å². The van der Waals surface area contributed by atoms with Gasteiger partial charge in [-0.05, 0) is 37.7 Å². The Balaban J connectivity index is 2.22. The number of rotatable bonds is 3. The van der Waals surface area contributed by atoms with E-state index in [0.717, 1.165) is 18.8 Å². The lowest BCUT2D eigenvalue weighted by molar-refractivity contribution is 0.170. The lowest BCUT2D eigenvalue weighted by atomic mass is 9.69. The minimum atomic E-state index is -0.542. The predicted molar refractivity (Wildman–Crippen MR) is 73.7 cm³/mol. The van der Waals surface area contributed by atoms with Crippen molar-refractivity contribution in [2.45, 2.75) is 51.5 Å². The van der Waals surface area contributed by atoms with Gasteiger partial charge in [0.1, 0.15) is 5.82 Å². The van der Waals surface area contributed by atoms with Crippen LogP contribution in [0.5, 0.6) is 0 Å². The van der Waals surface area contributed by atoms with Gasteiger partial charge < -0.3 is 5.73 Å². The summed E-state index contributed by atoms with van der Waals surface area (Å²) in [4.78, 5) is 0. The first-order chi connectivity index (χ1) is 8.55. The Kier molecular flexibility index (Phi) is 4.06. The molecule has 2 rings (SSSR count). The van der Waals surface area contributed by atoms with E-state index in [1.54, 1.807) is 6.07 Å². The molecule has 2 N–H and O–H groups in total. The summed E-state index contributed by atoms with van der Waals surface area (Å²) in [6, 6.07) is 6.96. The van der Waals surface area contributed by atoms with Gasteiger partial charge in [-0.15, -0.1) is 0 Å². The summed E-state index contributed by atoms with van der Waals surface area (Å²) in [7, 11) is 0. The van der Waals surface area contributed by atoms with Gasteiger partial charge in [0.2, 0.25) is 0 Å². The van der Waals surface area contributed by atoms with Crippen molar-refractivity contribution in [2.24, 2.45) is 17.6 Å². The monoisotopic (exact) mass is 249 g/mol. The van der Waals surface area contributed by atoms with Crippen LogP contribution in [0.3, 0.4) is 0 Å². The van der Waals surface area contributed by atoms with Gasteiger partial charge in [0, 0.05) is 11.1 Å². The normalized spacial score (nSPS) is 27.8. The molecule has 2 heteroatoms. The SMILES string of the molecule is CCC1CCCC(C(C)(N)c2ccccc2F)C1. The Hall–Kier alpha value is -0.890. The zero-order chi connectivity index (χ0) is 13.2. The molecule has 1 aliphatic carbocycles. The molecule has 0 bridgehead atoms. The fourth-order valence-corrected chi connectivity index (χ4v) is 3.32. The van der Waals surface area contributed by atoms with E-state index in [1.165, 1.54) is 25.3 Å². The lowest BCUT2D eigenvalue weighted by Gasteiger charge is -2.40. The molecule has 1 fully saturated rings. The Morgan fingerprint density at radius 3 is 2.72 bits per heavy atom. The van der Waals surface area contributed by atoms with Crippen LogP contribution in [-0.2, 0) is 5.54 Å². The van der Waals surface area contributed by atoms with Gasteiger partial charge in [-0.3, -0.25) is 0 Å². The maximum atomic E-state index is 13.9. The minimum Gasteiger partial charge on any atom is -0.321 e. The van der Waals surface area contributed by atoms with Gasteiger partial charge in [-0.25, -0.2) is 4.39 Å². The number of nitrogens with two attached hydrogens (primary N) is 1. The molecular weight excluding hydrogens is 225 g/mol. The number of hydrogen-bond donors (Lipinski definition) is 1. The Bertz CT molecular complexity index is 400. The second kappa shape index (κ2) is 5.40. The first-order valence-corrected chi connectivity index (χ1v) is 7.09. The molecule has 0 aliphatic heterocycles. The van der Waals surface area contributed by atoms with Gasteiger partial charge in [0.05, 0.1) is 0 Å². The van der Waals surface area contributed by atoms with Crippen LogP contribution >= 0.6 is 0 Å². The van der Waals surface area contributed by atoms with Gasteiger partial charge in [-0.1, -0.05) is 44.4 Å². The molecule has 0 spiro atoms. The molecule has 1 aromatic carbocycles. The Morgan fingerprint density at radius 2 is 2.06 bits per heavy atom. The molecule has 0 amide bonds. The highest BCUT2D eigenvalue weighted by Gasteiger charge is 2.36. The third kappa shape index (κ3) is 2.59. The maximum absolute atomic E-state index is 13.9. The van der Waals surface area contributed by atoms with E-state index in [9.17, 15) is 4.39 Å². The highest BCUT2D eigenvalue weighted by atomic mass is 19.1. The average molecular weight is 249 g/mol. The van der Waals surface area contributed by atoms with Crippen LogP contribution in [0.15, 0.2) is 24.3 Å². The fourth-order valence-electron chi connectivity index (χ4n) is 3.32. The largest absolute Gasteiger partial charge is 0.321 e. The van der Waals surface area contributed by atoms with Crippen molar-refractivity contribution in [3.05, 3.63) is 35.6 Å². The van der Waals surface area contributed by atoms with E-state index in [2.05, 4.69) is 6.92 Å². The molecule has 1 aromatic rings. The third-order valence-electron chi connectivity index (χ3n) is 4.66. The molecule has 1 nitrogen and oxygen atoms in total. The fraction of sp³-hybridized carbons (Fsp3) is 0.625. The molecule has 3 atom stereocenters. The highest BCUT2D eigenvalue weighted by Crippen LogP contribution is 2.41. The van der Waals surface area contributed by atoms with Crippen molar-refractivity contribution in [1.29, 1.82) is 0 Å². The van der Waals surface area contributed by atoms with E-state index in [-0.39, 0.29) is 5.82 Å². The van der Waals surface area contributed by atoms with Crippen LogP contribution in [0.4, 0.5) is 4.39 Å². The summed E-state index contributed by atoms with van der Waals surface area (Å²) in [6.45, 7) is 4.23. The molecule has 0 heterocycles. The smallest absolute Gasteiger partial charge is 0.128 e. The second-order valence-corrected chi connectivity index (χ2v) is 5.90. The summed E-state index contributed by atoms with van der Waals surface area (Å²) in [5.74, 6) is 0.993. The summed E-state index contributed by atoms with van der Waals surface area (Å²) >= 11 is 0. The van der Waals surface area contributed by atoms with E-state index in [0.29, 0.717) is 11.5 Å². The van der Waals surface area contributed by atoms with Crippen molar-refractivity contribution < 1.29 is 4.39 Å². The summed E-state index contributed by atoms with van der Waals surface area (Å²) < 4.78 is 13.9. The van der Waals surface area contributed by atoms with Gasteiger partial charge >= 0.3 is 0 Å². The Labute approximate surface area is 110 Å². The molecule has 100 valence electrons. The number of benzene rings is 1. The van der Waals surface area contributed by atoms with E-state index in [4.69, 9.17) is 5.73 Å². The van der Waals surface area contributed by atoms with Gasteiger partial charge in [-0.2, -0.15) is 0 Å². The number of halogens is 1. The molecule has 3 unspecified atom stereocenters. The summed E-state index contributed by atoms with van der Waals surface area (Å²) in [6.07, 6.45) is 6.00. The van der Waals surface area contributed by atoms with E-state index in [1.807, 2.05) is 19.1 Å². The van der Waals surface area contributed by atoms with Crippen LogP contribution in [0.1, 0.15) is 51.5 Å². The molecule has 0 aromatic heterocycles. The molecule has 1 aliphatic rings. The van der Waals surface area contributed by atoms with E-state index >= 15 is 0 Å². The molecule has 1 saturated carbocycles. The predicted octanol–water partition coefficient (Wildman–Crippen LogP) is 4.22. The molecular formula is C16H24FN. The minimum absolute atomic E-state index is 0.166. The van der Waals surface area contributed by atoms with Gasteiger partial charge in [0.15, 0.2) is 0 Å². The zero-order valence-electron chi connectivity index (χ0n) is 11.5. The van der Waals surface area contributed by atoms with Crippen LogP contribution in [0.2, 0.25) is 0 Å². The number of hydrogen-bond acceptors (Lipinski definition) is 1. The third-order valence-corrected chi connectivity index (χ3v) is 4.66. The second-order valence-electron chi connectivity index (χ2n) is 5.90. The summed E-state index contributed by atoms with van der Waals surface area (Å²) in [5.41, 5.74) is 6.62. The van der Waals surface area contributed by atoms with Crippen molar-refractivity contribution in [3.63, 3.8) is 0 Å². The topological polar surface area (TPSA) is 26.0 Å². The van der Waals surface area contributed by atoms with Crippen molar-refractivity contribution in [2.75, 3.05) is 0 Å². The van der Waals surface area contributed by atoms with Crippen molar-refractivity contribution in [3.8, 4) is 0 Å². The maximum Gasteiger partial charge on any atom is 0.128 e. The van der Waals surface area contributed by atoms with Gasteiger partial charge in [0.25, 0.3) is 0 Å². The molecule has 18 heavy (non-hydrogen) atoms. The lowest BCUT2D eigenvalue weighted by Crippen LogP contribution is -2.44. The average Bonchev–Trinajstić information content (AvgIpc) is 2.39. The summed E-state index contributed by atoms with van der Waals surface area (Å²) in [5, 5.41) is 0. The Morgan fingerprint density at radius 1 is 1.33 bits per heavy atom. The standard InChI is InChI=1S/C16H24FN/c1-3-12-7-6-8-13(11-12)16(2,18)14-9-4-5-10-15(14)17/h4-5,9-10,12-13H,3,6-8,11,18H2,1-2H3. The van der Waals surface area contributed by atoms with Crippen molar-refractivity contribution in [1.82, 2.24) is 0 Å².